The van der Waals surface area contributed by atoms with E-state index >= 15 is 0 Å². The van der Waals surface area contributed by atoms with E-state index in [1.165, 1.54) is 4.80 Å². The first kappa shape index (κ1) is 12.8. The van der Waals surface area contributed by atoms with Gasteiger partial charge in [-0.2, -0.15) is 4.80 Å². The van der Waals surface area contributed by atoms with Crippen LogP contribution in [0.25, 0.3) is 0 Å². The van der Waals surface area contributed by atoms with E-state index in [0.717, 1.165) is 25.2 Å². The van der Waals surface area contributed by atoms with Gasteiger partial charge in [-0.15, -0.1) is 10.2 Å². The summed E-state index contributed by atoms with van der Waals surface area (Å²) in [7, 11) is 1.77. The largest absolute Gasteiger partial charge is 0.312 e. The zero-order chi connectivity index (χ0) is 12.0. The standard InChI is InChI=1S/C11H21N5/c1-11(2,3)12-9-7-5-6-8-10-13-15-16(4)14-10/h5-6,12H,7-9H2,1-4H3/b6-5+. The Hall–Kier alpha value is -1.23. The number of nitrogens with one attached hydrogen (secondary N) is 1. The Kier molecular flexibility index (Phi) is 4.61. The van der Waals surface area contributed by atoms with Crippen molar-refractivity contribution in [1.29, 1.82) is 0 Å². The highest BCUT2D eigenvalue weighted by atomic mass is 15.6. The lowest BCUT2D eigenvalue weighted by Gasteiger charge is -2.19. The minimum Gasteiger partial charge on any atom is -0.312 e. The number of hydrogen-bond donors (Lipinski definition) is 1. The van der Waals surface area contributed by atoms with E-state index in [1.807, 2.05) is 0 Å². The maximum absolute atomic E-state index is 4.10. The molecule has 0 aromatic carbocycles. The van der Waals surface area contributed by atoms with Gasteiger partial charge in [0.2, 0.25) is 0 Å². The highest BCUT2D eigenvalue weighted by molar-refractivity contribution is 4.92. The van der Waals surface area contributed by atoms with Crippen LogP contribution in [-0.2, 0) is 13.5 Å². The van der Waals surface area contributed by atoms with Crippen LogP contribution in [0.3, 0.4) is 0 Å². The summed E-state index contributed by atoms with van der Waals surface area (Å²) in [5.74, 6) is 0.766. The van der Waals surface area contributed by atoms with Crippen molar-refractivity contribution in [3.05, 3.63) is 18.0 Å². The van der Waals surface area contributed by atoms with E-state index in [-0.39, 0.29) is 5.54 Å². The molecule has 0 saturated carbocycles. The maximum atomic E-state index is 4.10. The van der Waals surface area contributed by atoms with Crippen LogP contribution in [0.4, 0.5) is 0 Å². The minimum absolute atomic E-state index is 0.195. The first-order valence-electron chi connectivity index (χ1n) is 5.60. The molecule has 0 aliphatic carbocycles. The molecule has 5 heteroatoms. The van der Waals surface area contributed by atoms with E-state index < -0.39 is 0 Å². The smallest absolute Gasteiger partial charge is 0.178 e. The van der Waals surface area contributed by atoms with Gasteiger partial charge in [0.25, 0.3) is 0 Å². The van der Waals surface area contributed by atoms with E-state index in [1.54, 1.807) is 7.05 Å². The monoisotopic (exact) mass is 223 g/mol. The van der Waals surface area contributed by atoms with E-state index in [2.05, 4.69) is 53.7 Å². The summed E-state index contributed by atoms with van der Waals surface area (Å²) >= 11 is 0. The minimum atomic E-state index is 0.195. The third kappa shape index (κ3) is 5.60. The normalized spacial score (nSPS) is 12.5. The number of tetrazole rings is 1. The van der Waals surface area contributed by atoms with Gasteiger partial charge in [-0.1, -0.05) is 12.2 Å². The second-order valence-corrected chi connectivity index (χ2v) is 4.84. The van der Waals surface area contributed by atoms with Gasteiger partial charge in [-0.3, -0.25) is 0 Å². The Labute approximate surface area is 96.9 Å². The highest BCUT2D eigenvalue weighted by Crippen LogP contribution is 1.98. The van der Waals surface area contributed by atoms with Crippen LogP contribution in [0.2, 0.25) is 0 Å². The predicted octanol–water partition coefficient (Wildman–Crippen LogP) is 1.09. The topological polar surface area (TPSA) is 55.6 Å². The van der Waals surface area contributed by atoms with Gasteiger partial charge < -0.3 is 5.32 Å². The zero-order valence-corrected chi connectivity index (χ0v) is 10.6. The van der Waals surface area contributed by atoms with Crippen LogP contribution >= 0.6 is 0 Å². The van der Waals surface area contributed by atoms with Crippen LogP contribution < -0.4 is 5.32 Å². The Bertz CT molecular complexity index is 334. The Balaban J connectivity index is 2.14. The molecule has 1 aromatic rings. The Morgan fingerprint density at radius 2 is 2.06 bits per heavy atom. The van der Waals surface area contributed by atoms with Gasteiger partial charge in [0.15, 0.2) is 5.82 Å². The average Bonchev–Trinajstić information content (AvgIpc) is 2.56. The molecule has 0 unspecified atom stereocenters. The summed E-state index contributed by atoms with van der Waals surface area (Å²) < 4.78 is 0. The Morgan fingerprint density at radius 3 is 2.62 bits per heavy atom. The number of rotatable bonds is 5. The lowest BCUT2D eigenvalue weighted by Crippen LogP contribution is -2.36. The fourth-order valence-corrected chi connectivity index (χ4v) is 1.24. The summed E-state index contributed by atoms with van der Waals surface area (Å²) in [6.45, 7) is 7.49. The van der Waals surface area contributed by atoms with Crippen molar-refractivity contribution in [1.82, 2.24) is 25.5 Å². The molecule has 0 fully saturated rings. The van der Waals surface area contributed by atoms with Gasteiger partial charge in [-0.05, 0) is 39.0 Å². The third-order valence-corrected chi connectivity index (χ3v) is 1.98. The van der Waals surface area contributed by atoms with Crippen LogP contribution in [0, 0.1) is 0 Å². The molecule has 0 radical (unpaired) electrons. The summed E-state index contributed by atoms with van der Waals surface area (Å²) in [4.78, 5) is 1.48. The molecule has 0 amide bonds. The first-order chi connectivity index (χ1) is 7.47. The van der Waals surface area contributed by atoms with Crippen molar-refractivity contribution < 1.29 is 0 Å². The molecule has 0 bridgehead atoms. The van der Waals surface area contributed by atoms with Crippen LogP contribution in [0.1, 0.15) is 33.0 Å². The predicted molar refractivity (Wildman–Crippen MR) is 64.0 cm³/mol. The molecule has 1 N–H and O–H groups in total. The molecule has 0 aliphatic heterocycles. The van der Waals surface area contributed by atoms with E-state index in [9.17, 15) is 0 Å². The molecule has 5 nitrogen and oxygen atoms in total. The van der Waals surface area contributed by atoms with Gasteiger partial charge in [0, 0.05) is 12.0 Å². The second-order valence-electron chi connectivity index (χ2n) is 4.84. The van der Waals surface area contributed by atoms with Crippen molar-refractivity contribution >= 4 is 0 Å². The average molecular weight is 223 g/mol. The molecule has 16 heavy (non-hydrogen) atoms. The third-order valence-electron chi connectivity index (χ3n) is 1.98. The molecular weight excluding hydrogens is 202 g/mol. The molecule has 1 aromatic heterocycles. The molecule has 0 aliphatic rings. The summed E-state index contributed by atoms with van der Waals surface area (Å²) in [5.41, 5.74) is 0.195. The van der Waals surface area contributed by atoms with Crippen molar-refractivity contribution in [3.8, 4) is 0 Å². The lowest BCUT2D eigenvalue weighted by molar-refractivity contribution is 0.431. The molecule has 90 valence electrons. The quantitative estimate of drug-likeness (QED) is 0.599. The number of aryl methyl sites for hydroxylation is 1. The first-order valence-corrected chi connectivity index (χ1v) is 5.60. The summed E-state index contributed by atoms with van der Waals surface area (Å²) in [5, 5.41) is 15.2. The number of nitrogens with zero attached hydrogens (tertiary/aromatic N) is 4. The summed E-state index contributed by atoms with van der Waals surface area (Å²) in [6.07, 6.45) is 6.01. The van der Waals surface area contributed by atoms with Crippen LogP contribution in [0.5, 0.6) is 0 Å². The highest BCUT2D eigenvalue weighted by Gasteiger charge is 2.06. The fourth-order valence-electron chi connectivity index (χ4n) is 1.24. The van der Waals surface area contributed by atoms with Gasteiger partial charge >= 0.3 is 0 Å². The van der Waals surface area contributed by atoms with Gasteiger partial charge in [-0.25, -0.2) is 0 Å². The van der Waals surface area contributed by atoms with E-state index in [4.69, 9.17) is 0 Å². The number of allylic oxidation sites excluding steroid dienone is 1. The van der Waals surface area contributed by atoms with Gasteiger partial charge in [0.05, 0.1) is 7.05 Å². The zero-order valence-electron chi connectivity index (χ0n) is 10.6. The molecular formula is C11H21N5. The SMILES string of the molecule is Cn1nnc(C/C=C/CCNC(C)(C)C)n1. The maximum Gasteiger partial charge on any atom is 0.178 e. The molecule has 0 spiro atoms. The molecule has 1 rings (SSSR count). The number of aromatic nitrogens is 4. The Morgan fingerprint density at radius 1 is 1.31 bits per heavy atom. The second kappa shape index (κ2) is 5.75. The number of hydrogen-bond acceptors (Lipinski definition) is 4. The van der Waals surface area contributed by atoms with Gasteiger partial charge in [0.1, 0.15) is 0 Å². The fraction of sp³-hybridized carbons (Fsp3) is 0.727. The molecule has 0 atom stereocenters. The van der Waals surface area contributed by atoms with Crippen molar-refractivity contribution in [2.45, 2.75) is 39.2 Å². The molecule has 0 saturated heterocycles. The van der Waals surface area contributed by atoms with Crippen LogP contribution in [0.15, 0.2) is 12.2 Å². The van der Waals surface area contributed by atoms with Crippen LogP contribution in [-0.4, -0.2) is 32.3 Å². The lowest BCUT2D eigenvalue weighted by atomic mass is 10.1. The van der Waals surface area contributed by atoms with Crippen molar-refractivity contribution in [3.63, 3.8) is 0 Å². The van der Waals surface area contributed by atoms with Crippen molar-refractivity contribution in [2.75, 3.05) is 6.54 Å². The van der Waals surface area contributed by atoms with E-state index in [0.29, 0.717) is 0 Å². The van der Waals surface area contributed by atoms with Crippen molar-refractivity contribution in [2.24, 2.45) is 7.05 Å². The molecule has 1 heterocycles. The summed E-state index contributed by atoms with van der Waals surface area (Å²) in [6, 6.07) is 0.